The molecule has 0 aromatic heterocycles. The van der Waals surface area contributed by atoms with Gasteiger partial charge in [-0.3, -0.25) is 9.69 Å². The summed E-state index contributed by atoms with van der Waals surface area (Å²) < 4.78 is 4.79. The fourth-order valence-electron chi connectivity index (χ4n) is 2.19. The zero-order valence-corrected chi connectivity index (χ0v) is 10.8. The third kappa shape index (κ3) is 2.45. The lowest BCUT2D eigenvalue weighted by molar-refractivity contribution is -0.153. The molecule has 0 saturated carbocycles. The minimum absolute atomic E-state index is 0.0920. The Kier molecular flexibility index (Phi) is 3.69. The third-order valence-electron chi connectivity index (χ3n) is 3.38. The molecule has 2 rings (SSSR count). The van der Waals surface area contributed by atoms with E-state index in [1.807, 2.05) is 24.3 Å². The SMILES string of the molecule is COC(=O)C1CCN1[C@@H](C)c1ccc(Cl)cc1. The Morgan fingerprint density at radius 1 is 1.47 bits per heavy atom. The molecule has 1 saturated heterocycles. The van der Waals surface area contributed by atoms with Gasteiger partial charge in [-0.05, 0) is 31.0 Å². The van der Waals surface area contributed by atoms with Crippen molar-refractivity contribution in [3.05, 3.63) is 34.9 Å². The summed E-state index contributed by atoms with van der Waals surface area (Å²) in [5, 5.41) is 0.731. The molecule has 3 nitrogen and oxygen atoms in total. The van der Waals surface area contributed by atoms with E-state index in [0.29, 0.717) is 0 Å². The van der Waals surface area contributed by atoms with Crippen LogP contribution in [0.25, 0.3) is 0 Å². The Labute approximate surface area is 106 Å². The van der Waals surface area contributed by atoms with Gasteiger partial charge in [0.15, 0.2) is 0 Å². The lowest BCUT2D eigenvalue weighted by Gasteiger charge is -2.43. The van der Waals surface area contributed by atoms with Gasteiger partial charge < -0.3 is 4.74 Å². The largest absolute Gasteiger partial charge is 0.468 e. The highest BCUT2D eigenvalue weighted by atomic mass is 35.5. The van der Waals surface area contributed by atoms with Gasteiger partial charge >= 0.3 is 5.97 Å². The van der Waals surface area contributed by atoms with Crippen LogP contribution in [0, 0.1) is 0 Å². The van der Waals surface area contributed by atoms with E-state index < -0.39 is 0 Å². The molecule has 1 aromatic carbocycles. The maximum absolute atomic E-state index is 11.5. The van der Waals surface area contributed by atoms with Crippen LogP contribution in [0.15, 0.2) is 24.3 Å². The summed E-state index contributed by atoms with van der Waals surface area (Å²) in [5.41, 5.74) is 1.17. The van der Waals surface area contributed by atoms with Gasteiger partial charge in [0.05, 0.1) is 7.11 Å². The maximum atomic E-state index is 11.5. The van der Waals surface area contributed by atoms with Crippen LogP contribution in [0.4, 0.5) is 0 Å². The number of rotatable bonds is 3. The summed E-state index contributed by atoms with van der Waals surface area (Å²) in [6.45, 7) is 3.03. The van der Waals surface area contributed by atoms with E-state index in [0.717, 1.165) is 18.0 Å². The van der Waals surface area contributed by atoms with Crippen molar-refractivity contribution in [2.45, 2.75) is 25.4 Å². The Balaban J connectivity index is 2.07. The number of hydrogen-bond acceptors (Lipinski definition) is 3. The maximum Gasteiger partial charge on any atom is 0.323 e. The van der Waals surface area contributed by atoms with Crippen LogP contribution >= 0.6 is 11.6 Å². The van der Waals surface area contributed by atoms with Crippen molar-refractivity contribution in [1.82, 2.24) is 4.90 Å². The average molecular weight is 254 g/mol. The molecule has 2 atom stereocenters. The summed E-state index contributed by atoms with van der Waals surface area (Å²) in [7, 11) is 1.44. The fourth-order valence-corrected chi connectivity index (χ4v) is 2.32. The van der Waals surface area contributed by atoms with Crippen LogP contribution in [0.5, 0.6) is 0 Å². The van der Waals surface area contributed by atoms with Crippen LogP contribution in [-0.2, 0) is 9.53 Å². The van der Waals surface area contributed by atoms with Crippen molar-refractivity contribution in [2.24, 2.45) is 0 Å². The third-order valence-corrected chi connectivity index (χ3v) is 3.64. The molecular weight excluding hydrogens is 238 g/mol. The van der Waals surface area contributed by atoms with Gasteiger partial charge in [-0.2, -0.15) is 0 Å². The first kappa shape index (κ1) is 12.4. The van der Waals surface area contributed by atoms with Crippen molar-refractivity contribution in [1.29, 1.82) is 0 Å². The van der Waals surface area contributed by atoms with E-state index in [1.165, 1.54) is 12.7 Å². The van der Waals surface area contributed by atoms with E-state index in [-0.39, 0.29) is 18.1 Å². The summed E-state index contributed by atoms with van der Waals surface area (Å²) in [5.74, 6) is -0.142. The molecule has 0 radical (unpaired) electrons. The number of nitrogens with zero attached hydrogens (tertiary/aromatic N) is 1. The zero-order chi connectivity index (χ0) is 12.4. The number of benzene rings is 1. The van der Waals surface area contributed by atoms with Crippen LogP contribution in [-0.4, -0.2) is 30.6 Å². The first-order valence-corrected chi connectivity index (χ1v) is 6.10. The molecule has 92 valence electrons. The number of ether oxygens (including phenoxy) is 1. The Morgan fingerprint density at radius 2 is 2.12 bits per heavy atom. The van der Waals surface area contributed by atoms with Crippen LogP contribution < -0.4 is 0 Å². The van der Waals surface area contributed by atoms with Gasteiger partial charge in [0.2, 0.25) is 0 Å². The second-order valence-corrected chi connectivity index (χ2v) is 4.73. The van der Waals surface area contributed by atoms with Crippen molar-refractivity contribution in [3.63, 3.8) is 0 Å². The minimum atomic E-state index is -0.142. The van der Waals surface area contributed by atoms with Gasteiger partial charge in [-0.25, -0.2) is 0 Å². The van der Waals surface area contributed by atoms with Gasteiger partial charge in [-0.1, -0.05) is 23.7 Å². The standard InChI is InChI=1S/C13H16ClNO2/c1-9(10-3-5-11(14)6-4-10)15-8-7-12(15)13(16)17-2/h3-6,9,12H,7-8H2,1-2H3/t9-,12?/m0/s1. The average Bonchev–Trinajstić information content (AvgIpc) is 2.28. The number of halogens is 1. The highest BCUT2D eigenvalue weighted by Crippen LogP contribution is 2.31. The Morgan fingerprint density at radius 3 is 2.59 bits per heavy atom. The molecule has 1 fully saturated rings. The van der Waals surface area contributed by atoms with Crippen molar-refractivity contribution in [3.8, 4) is 0 Å². The molecule has 0 N–H and O–H groups in total. The summed E-state index contributed by atoms with van der Waals surface area (Å²) in [4.78, 5) is 13.7. The normalized spacial score (nSPS) is 21.7. The number of likely N-dealkylation sites (tertiary alicyclic amines) is 1. The number of carbonyl (C=O) groups is 1. The topological polar surface area (TPSA) is 29.5 Å². The number of esters is 1. The molecule has 4 heteroatoms. The van der Waals surface area contributed by atoms with Crippen LogP contribution in [0.2, 0.25) is 5.02 Å². The molecule has 1 aliphatic rings. The molecule has 0 spiro atoms. The molecular formula is C13H16ClNO2. The molecule has 1 aromatic rings. The quantitative estimate of drug-likeness (QED) is 0.776. The van der Waals surface area contributed by atoms with Crippen molar-refractivity contribution >= 4 is 17.6 Å². The molecule has 0 aliphatic carbocycles. The van der Waals surface area contributed by atoms with Gasteiger partial charge in [0.25, 0.3) is 0 Å². The summed E-state index contributed by atoms with van der Waals surface area (Å²) in [6.07, 6.45) is 0.880. The number of carbonyl (C=O) groups excluding carboxylic acids is 1. The van der Waals surface area contributed by atoms with Crippen molar-refractivity contribution < 1.29 is 9.53 Å². The molecule has 1 unspecified atom stereocenters. The second-order valence-electron chi connectivity index (χ2n) is 4.29. The van der Waals surface area contributed by atoms with Gasteiger partial charge in [0, 0.05) is 17.6 Å². The smallest absolute Gasteiger partial charge is 0.323 e. The van der Waals surface area contributed by atoms with Crippen LogP contribution in [0.1, 0.15) is 24.9 Å². The fraction of sp³-hybridized carbons (Fsp3) is 0.462. The predicted molar refractivity (Wildman–Crippen MR) is 67.0 cm³/mol. The van der Waals surface area contributed by atoms with Crippen molar-refractivity contribution in [2.75, 3.05) is 13.7 Å². The molecule has 17 heavy (non-hydrogen) atoms. The molecule has 0 bridgehead atoms. The molecule has 1 aliphatic heterocycles. The molecule has 0 amide bonds. The Hall–Kier alpha value is -1.06. The monoisotopic (exact) mass is 253 g/mol. The van der Waals surface area contributed by atoms with Crippen LogP contribution in [0.3, 0.4) is 0 Å². The first-order valence-electron chi connectivity index (χ1n) is 5.72. The predicted octanol–water partition coefficient (Wildman–Crippen LogP) is 2.65. The van der Waals surface area contributed by atoms with E-state index in [9.17, 15) is 4.79 Å². The van der Waals surface area contributed by atoms with Gasteiger partial charge in [0.1, 0.15) is 6.04 Å². The Bertz CT molecular complexity index is 404. The highest BCUT2D eigenvalue weighted by molar-refractivity contribution is 6.30. The van der Waals surface area contributed by atoms with E-state index in [1.54, 1.807) is 0 Å². The van der Waals surface area contributed by atoms with E-state index in [4.69, 9.17) is 16.3 Å². The lowest BCUT2D eigenvalue weighted by atomic mass is 9.96. The number of methoxy groups -OCH3 is 1. The minimum Gasteiger partial charge on any atom is -0.468 e. The lowest BCUT2D eigenvalue weighted by Crippen LogP contribution is -2.53. The van der Waals surface area contributed by atoms with E-state index in [2.05, 4.69) is 11.8 Å². The van der Waals surface area contributed by atoms with E-state index >= 15 is 0 Å². The summed E-state index contributed by atoms with van der Waals surface area (Å²) >= 11 is 5.86. The first-order chi connectivity index (χ1) is 8.13. The zero-order valence-electron chi connectivity index (χ0n) is 10.0. The second kappa shape index (κ2) is 5.07. The number of hydrogen-bond donors (Lipinski definition) is 0. The summed E-state index contributed by atoms with van der Waals surface area (Å²) in [6, 6.07) is 7.87. The van der Waals surface area contributed by atoms with Gasteiger partial charge in [-0.15, -0.1) is 0 Å². The highest BCUT2D eigenvalue weighted by Gasteiger charge is 2.38. The molecule has 1 heterocycles.